The normalized spacial score (nSPS) is 15.2. The number of aromatic nitrogens is 1. The Hall–Kier alpha value is -2.67. The van der Waals surface area contributed by atoms with Gasteiger partial charge in [-0.3, -0.25) is 4.79 Å². The Labute approximate surface area is 164 Å². The molecule has 1 aliphatic heterocycles. The molecule has 6 nitrogen and oxygen atoms in total. The number of carbonyl (C=O) groups is 1. The molecule has 7 heteroatoms. The summed E-state index contributed by atoms with van der Waals surface area (Å²) in [7, 11) is -3.16. The highest BCUT2D eigenvalue weighted by Crippen LogP contribution is 2.30. The summed E-state index contributed by atoms with van der Waals surface area (Å²) in [6.45, 7) is 4.28. The molecule has 0 saturated carbocycles. The first-order valence-electron chi connectivity index (χ1n) is 9.31. The standard InChI is InChI=1S/C21H22N2O4S/c1-14(2)13-28(25,26)17-11-23(12-17)21(24)16-8-9-19-18(10-16)20(27-22-19)15-6-4-3-5-7-15/h3-10,14,17H,11-13H2,1-2H3. The van der Waals surface area contributed by atoms with Crippen molar-refractivity contribution in [3.8, 4) is 11.3 Å². The molecule has 0 spiro atoms. The highest BCUT2D eigenvalue weighted by molar-refractivity contribution is 7.92. The fourth-order valence-corrected chi connectivity index (χ4v) is 5.50. The van der Waals surface area contributed by atoms with Gasteiger partial charge >= 0.3 is 0 Å². The Balaban J connectivity index is 1.55. The Morgan fingerprint density at radius 1 is 1.18 bits per heavy atom. The fourth-order valence-electron chi connectivity index (χ4n) is 3.49. The van der Waals surface area contributed by atoms with E-state index in [1.807, 2.05) is 44.2 Å². The van der Waals surface area contributed by atoms with Crippen LogP contribution >= 0.6 is 0 Å². The number of hydrogen-bond acceptors (Lipinski definition) is 5. The van der Waals surface area contributed by atoms with Crippen LogP contribution in [0, 0.1) is 5.92 Å². The molecule has 4 rings (SSSR count). The first-order chi connectivity index (χ1) is 13.3. The number of fused-ring (bicyclic) bond motifs is 1. The topological polar surface area (TPSA) is 80.5 Å². The second-order valence-electron chi connectivity index (χ2n) is 7.67. The Kier molecular flexibility index (Phi) is 4.71. The van der Waals surface area contributed by atoms with Crippen molar-refractivity contribution < 1.29 is 17.7 Å². The molecule has 28 heavy (non-hydrogen) atoms. The van der Waals surface area contributed by atoms with Crippen LogP contribution in [0.15, 0.2) is 53.1 Å². The second kappa shape index (κ2) is 7.05. The summed E-state index contributed by atoms with van der Waals surface area (Å²) in [5, 5.41) is 4.37. The maximum Gasteiger partial charge on any atom is 0.253 e. The van der Waals surface area contributed by atoms with Gasteiger partial charge in [0.05, 0.1) is 16.4 Å². The third-order valence-corrected chi connectivity index (χ3v) is 7.41. The molecule has 1 fully saturated rings. The minimum atomic E-state index is -3.16. The van der Waals surface area contributed by atoms with Crippen LogP contribution in [0.1, 0.15) is 24.2 Å². The van der Waals surface area contributed by atoms with Crippen LogP contribution in [0.2, 0.25) is 0 Å². The summed E-state index contributed by atoms with van der Waals surface area (Å²) in [6, 6.07) is 14.8. The maximum absolute atomic E-state index is 12.8. The highest BCUT2D eigenvalue weighted by atomic mass is 32.2. The molecule has 0 N–H and O–H groups in total. The van der Waals surface area contributed by atoms with E-state index >= 15 is 0 Å². The largest absolute Gasteiger partial charge is 0.355 e. The number of nitrogens with zero attached hydrogens (tertiary/aromatic N) is 2. The summed E-state index contributed by atoms with van der Waals surface area (Å²) in [6.07, 6.45) is 0. The van der Waals surface area contributed by atoms with Crippen molar-refractivity contribution in [1.82, 2.24) is 10.1 Å². The average molecular weight is 398 g/mol. The van der Waals surface area contributed by atoms with Crippen LogP contribution in [-0.4, -0.2) is 48.5 Å². The SMILES string of the molecule is CC(C)CS(=O)(=O)C1CN(C(=O)c2ccc3noc(-c4ccccc4)c3c2)C1. The Morgan fingerprint density at radius 3 is 2.57 bits per heavy atom. The molecule has 0 bridgehead atoms. The Morgan fingerprint density at radius 2 is 1.89 bits per heavy atom. The monoisotopic (exact) mass is 398 g/mol. The lowest BCUT2D eigenvalue weighted by atomic mass is 10.0. The molecule has 146 valence electrons. The molecule has 0 radical (unpaired) electrons. The van der Waals surface area contributed by atoms with E-state index < -0.39 is 15.1 Å². The van der Waals surface area contributed by atoms with Gasteiger partial charge in [-0.25, -0.2) is 8.42 Å². The zero-order chi connectivity index (χ0) is 19.9. The number of carbonyl (C=O) groups excluding carboxylic acids is 1. The van der Waals surface area contributed by atoms with Gasteiger partial charge in [0.1, 0.15) is 5.52 Å². The number of likely N-dealkylation sites (tertiary alicyclic amines) is 1. The van der Waals surface area contributed by atoms with E-state index in [0.717, 1.165) is 10.9 Å². The van der Waals surface area contributed by atoms with Crippen LogP contribution in [0.25, 0.3) is 22.2 Å². The lowest BCUT2D eigenvalue weighted by Crippen LogP contribution is -2.57. The van der Waals surface area contributed by atoms with Crippen LogP contribution in [0.3, 0.4) is 0 Å². The summed E-state index contributed by atoms with van der Waals surface area (Å²) in [5.41, 5.74) is 2.07. The molecule has 1 aromatic heterocycles. The number of benzene rings is 2. The van der Waals surface area contributed by atoms with Gasteiger partial charge in [-0.1, -0.05) is 49.3 Å². The molecule has 0 aliphatic carbocycles. The van der Waals surface area contributed by atoms with Crippen molar-refractivity contribution in [3.05, 3.63) is 54.1 Å². The van der Waals surface area contributed by atoms with Gasteiger partial charge in [0.25, 0.3) is 5.91 Å². The first-order valence-corrected chi connectivity index (χ1v) is 11.0. The minimum Gasteiger partial charge on any atom is -0.355 e. The summed E-state index contributed by atoms with van der Waals surface area (Å²) < 4.78 is 30.1. The number of rotatable bonds is 5. The predicted molar refractivity (Wildman–Crippen MR) is 108 cm³/mol. The van der Waals surface area contributed by atoms with Crippen molar-refractivity contribution in [2.45, 2.75) is 19.1 Å². The third kappa shape index (κ3) is 3.42. The lowest BCUT2D eigenvalue weighted by Gasteiger charge is -2.39. The number of amides is 1. The number of hydrogen-bond donors (Lipinski definition) is 0. The van der Waals surface area contributed by atoms with E-state index in [1.165, 1.54) is 0 Å². The lowest BCUT2D eigenvalue weighted by molar-refractivity contribution is 0.0659. The molecule has 2 heterocycles. The molecule has 1 amide bonds. The van der Waals surface area contributed by atoms with Gasteiger partial charge in [-0.2, -0.15) is 0 Å². The summed E-state index contributed by atoms with van der Waals surface area (Å²) in [4.78, 5) is 14.4. The minimum absolute atomic E-state index is 0.0853. The first kappa shape index (κ1) is 18.7. The third-order valence-electron chi connectivity index (χ3n) is 4.97. The van der Waals surface area contributed by atoms with Gasteiger partial charge < -0.3 is 9.42 Å². The van der Waals surface area contributed by atoms with Crippen molar-refractivity contribution in [3.63, 3.8) is 0 Å². The molecule has 2 aromatic carbocycles. The van der Waals surface area contributed by atoms with Gasteiger partial charge in [-0.15, -0.1) is 0 Å². The quantitative estimate of drug-likeness (QED) is 0.658. The van der Waals surface area contributed by atoms with Gasteiger partial charge in [0, 0.05) is 24.2 Å². The molecule has 0 atom stereocenters. The van der Waals surface area contributed by atoms with Crippen molar-refractivity contribution in [1.29, 1.82) is 0 Å². The average Bonchev–Trinajstić information content (AvgIpc) is 3.02. The van der Waals surface area contributed by atoms with E-state index in [9.17, 15) is 13.2 Å². The van der Waals surface area contributed by atoms with E-state index in [-0.39, 0.29) is 30.7 Å². The van der Waals surface area contributed by atoms with E-state index in [4.69, 9.17) is 4.52 Å². The van der Waals surface area contributed by atoms with Crippen molar-refractivity contribution >= 4 is 26.6 Å². The van der Waals surface area contributed by atoms with Crippen molar-refractivity contribution in [2.75, 3.05) is 18.8 Å². The van der Waals surface area contributed by atoms with Gasteiger partial charge in [-0.05, 0) is 24.1 Å². The maximum atomic E-state index is 12.8. The van der Waals surface area contributed by atoms with E-state index in [0.29, 0.717) is 16.8 Å². The zero-order valence-corrected chi connectivity index (χ0v) is 16.6. The van der Waals surface area contributed by atoms with Crippen LogP contribution < -0.4 is 0 Å². The van der Waals surface area contributed by atoms with Gasteiger partial charge in [0.15, 0.2) is 15.6 Å². The molecular formula is C21H22N2O4S. The smallest absolute Gasteiger partial charge is 0.253 e. The molecule has 1 aliphatic rings. The Bertz CT molecular complexity index is 1110. The molecule has 0 unspecified atom stereocenters. The molecule has 3 aromatic rings. The highest BCUT2D eigenvalue weighted by Gasteiger charge is 2.40. The summed E-state index contributed by atoms with van der Waals surface area (Å²) >= 11 is 0. The van der Waals surface area contributed by atoms with Crippen LogP contribution in [-0.2, 0) is 9.84 Å². The molecular weight excluding hydrogens is 376 g/mol. The van der Waals surface area contributed by atoms with Gasteiger partial charge in [0.2, 0.25) is 0 Å². The van der Waals surface area contributed by atoms with Crippen LogP contribution in [0.5, 0.6) is 0 Å². The van der Waals surface area contributed by atoms with E-state index in [1.54, 1.807) is 23.1 Å². The fraction of sp³-hybridized carbons (Fsp3) is 0.333. The molecule has 1 saturated heterocycles. The zero-order valence-electron chi connectivity index (χ0n) is 15.8. The van der Waals surface area contributed by atoms with E-state index in [2.05, 4.69) is 5.16 Å². The van der Waals surface area contributed by atoms with Crippen LogP contribution in [0.4, 0.5) is 0 Å². The summed E-state index contributed by atoms with van der Waals surface area (Å²) in [5.74, 6) is 0.693. The predicted octanol–water partition coefficient (Wildman–Crippen LogP) is 3.39. The van der Waals surface area contributed by atoms with Crippen molar-refractivity contribution in [2.24, 2.45) is 5.92 Å². The number of sulfone groups is 1. The second-order valence-corrected chi connectivity index (χ2v) is 9.99.